The van der Waals surface area contributed by atoms with Crippen LogP contribution in [0.2, 0.25) is 0 Å². The maximum Gasteiger partial charge on any atom is 0.161 e. The monoisotopic (exact) mass is 664 g/mol. The van der Waals surface area contributed by atoms with Gasteiger partial charge in [-0.1, -0.05) is 133 Å². The van der Waals surface area contributed by atoms with Gasteiger partial charge < -0.3 is 8.83 Å². The molecule has 0 atom stereocenters. The number of benzene rings is 7. The largest absolute Gasteiger partial charge is 0.456 e. The molecule has 4 heteroatoms. The van der Waals surface area contributed by atoms with E-state index in [1.807, 2.05) is 60.9 Å². The summed E-state index contributed by atoms with van der Waals surface area (Å²) >= 11 is 0. The van der Waals surface area contributed by atoms with Gasteiger partial charge in [0.2, 0.25) is 0 Å². The Bertz CT molecular complexity index is 3110. The quantitative estimate of drug-likeness (QED) is 0.176. The summed E-state index contributed by atoms with van der Waals surface area (Å²) in [7, 11) is 0. The Morgan fingerprint density at radius 1 is 0.346 bits per heavy atom. The average molecular weight is 665 g/mol. The fraction of sp³-hybridized carbons (Fsp3) is 0. The lowest BCUT2D eigenvalue weighted by molar-refractivity contribution is 0.668. The number of rotatable bonds is 4. The van der Waals surface area contributed by atoms with E-state index in [1.54, 1.807) is 0 Å². The number of hydrogen-bond donors (Lipinski definition) is 0. The minimum absolute atomic E-state index is 0.813. The first kappa shape index (κ1) is 28.8. The summed E-state index contributed by atoms with van der Waals surface area (Å²) in [5.74, 6) is 0. The number of aromatic nitrogens is 2. The summed E-state index contributed by atoms with van der Waals surface area (Å²) in [6.45, 7) is 0. The van der Waals surface area contributed by atoms with Gasteiger partial charge in [0, 0.05) is 51.1 Å². The van der Waals surface area contributed by atoms with E-state index in [0.29, 0.717) is 0 Å². The summed E-state index contributed by atoms with van der Waals surface area (Å²) in [6, 6.07) is 55.4. The predicted molar refractivity (Wildman–Crippen MR) is 213 cm³/mol. The van der Waals surface area contributed by atoms with Crippen LogP contribution < -0.4 is 0 Å². The van der Waals surface area contributed by atoms with Crippen LogP contribution >= 0.6 is 0 Å². The second-order valence-electron chi connectivity index (χ2n) is 13.3. The fourth-order valence-electron chi connectivity index (χ4n) is 7.99. The van der Waals surface area contributed by atoms with Gasteiger partial charge in [0.1, 0.15) is 22.4 Å². The highest BCUT2D eigenvalue weighted by atomic mass is 16.3. The zero-order valence-electron chi connectivity index (χ0n) is 27.9. The van der Waals surface area contributed by atoms with Crippen LogP contribution in [0, 0.1) is 0 Å². The van der Waals surface area contributed by atoms with Gasteiger partial charge >= 0.3 is 0 Å². The van der Waals surface area contributed by atoms with E-state index in [0.717, 1.165) is 77.5 Å². The Labute approximate surface area is 298 Å². The van der Waals surface area contributed by atoms with Crippen molar-refractivity contribution in [1.29, 1.82) is 0 Å². The molecule has 0 bridgehead atoms. The van der Waals surface area contributed by atoms with Crippen molar-refractivity contribution in [2.45, 2.75) is 0 Å². The number of hydrogen-bond acceptors (Lipinski definition) is 4. The Balaban J connectivity index is 1.02. The van der Waals surface area contributed by atoms with E-state index in [-0.39, 0.29) is 0 Å². The lowest BCUT2D eigenvalue weighted by Crippen LogP contribution is -1.91. The lowest BCUT2D eigenvalue weighted by Gasteiger charge is -2.18. The molecule has 4 aromatic heterocycles. The predicted octanol–water partition coefficient (Wildman–Crippen LogP) is 13.2. The summed E-state index contributed by atoms with van der Waals surface area (Å²) in [6.07, 6.45) is 3.79. The molecule has 0 saturated heterocycles. The Morgan fingerprint density at radius 3 is 1.42 bits per heavy atom. The molecular weight excluding hydrogens is 637 g/mol. The second-order valence-corrected chi connectivity index (χ2v) is 13.3. The van der Waals surface area contributed by atoms with Crippen LogP contribution in [-0.4, -0.2) is 9.97 Å². The SMILES string of the molecule is c1ccc2c(c1)oc1cc(-c3ccc(-c4c5ccccc5c(-c5ccc(-c6nccc7c6oc6ccccc67)cc5)c5ccccc45)cc3)ncc12. The molecule has 0 aliphatic carbocycles. The molecule has 0 aliphatic rings. The molecule has 0 saturated carbocycles. The van der Waals surface area contributed by atoms with Crippen molar-refractivity contribution in [3.05, 3.63) is 170 Å². The van der Waals surface area contributed by atoms with Gasteiger partial charge in [0.15, 0.2) is 5.58 Å². The van der Waals surface area contributed by atoms with Crippen molar-refractivity contribution in [3.8, 4) is 44.8 Å². The van der Waals surface area contributed by atoms with Crippen molar-refractivity contribution in [2.24, 2.45) is 0 Å². The fourth-order valence-corrected chi connectivity index (χ4v) is 7.99. The van der Waals surface area contributed by atoms with Crippen LogP contribution in [0.1, 0.15) is 0 Å². The Hall–Kier alpha value is -7.04. The van der Waals surface area contributed by atoms with Gasteiger partial charge in [0.25, 0.3) is 0 Å². The number of pyridine rings is 2. The molecule has 0 fully saturated rings. The zero-order chi connectivity index (χ0) is 34.2. The van der Waals surface area contributed by atoms with Crippen molar-refractivity contribution < 1.29 is 8.83 Å². The highest BCUT2D eigenvalue weighted by Crippen LogP contribution is 2.44. The number of furan rings is 2. The molecule has 11 aromatic rings. The molecule has 0 unspecified atom stereocenters. The van der Waals surface area contributed by atoms with E-state index < -0.39 is 0 Å². The molecule has 7 aromatic carbocycles. The second kappa shape index (κ2) is 11.2. The average Bonchev–Trinajstić information content (AvgIpc) is 3.78. The van der Waals surface area contributed by atoms with E-state index in [2.05, 4.69) is 109 Å². The maximum atomic E-state index is 6.31. The molecule has 4 nitrogen and oxygen atoms in total. The van der Waals surface area contributed by atoms with Crippen molar-refractivity contribution in [3.63, 3.8) is 0 Å². The molecule has 0 spiro atoms. The van der Waals surface area contributed by atoms with Crippen LogP contribution in [0.5, 0.6) is 0 Å². The van der Waals surface area contributed by atoms with Gasteiger partial charge in [-0.3, -0.25) is 9.97 Å². The third-order valence-corrected chi connectivity index (χ3v) is 10.4. The summed E-state index contributed by atoms with van der Waals surface area (Å²) in [5, 5.41) is 9.14. The highest BCUT2D eigenvalue weighted by Gasteiger charge is 2.18. The smallest absolute Gasteiger partial charge is 0.161 e. The molecular formula is C48H28N2O2. The summed E-state index contributed by atoms with van der Waals surface area (Å²) in [5.41, 5.74) is 12.0. The minimum Gasteiger partial charge on any atom is -0.456 e. The molecule has 52 heavy (non-hydrogen) atoms. The lowest BCUT2D eigenvalue weighted by atomic mass is 9.85. The van der Waals surface area contributed by atoms with E-state index in [1.165, 1.54) is 32.7 Å². The van der Waals surface area contributed by atoms with Crippen LogP contribution in [0.15, 0.2) is 179 Å². The van der Waals surface area contributed by atoms with Crippen molar-refractivity contribution >= 4 is 65.4 Å². The normalized spacial score (nSPS) is 11.8. The molecule has 0 radical (unpaired) electrons. The molecule has 242 valence electrons. The van der Waals surface area contributed by atoms with Crippen molar-refractivity contribution in [2.75, 3.05) is 0 Å². The standard InChI is InChI=1S/C48H28N2O2/c1-3-13-37-35(11-1)45(30-19-17-29(18-20-30)41-27-44-40(28-50-41)34-10-6-7-15-42(34)51-44)36-12-2-4-14-38(36)46(37)31-21-23-32(24-22-31)47-48-39(25-26-49-47)33-9-5-8-16-43(33)52-48/h1-28H. The highest BCUT2D eigenvalue weighted by molar-refractivity contribution is 6.21. The van der Waals surface area contributed by atoms with Gasteiger partial charge in [0.05, 0.1) is 5.69 Å². The zero-order valence-corrected chi connectivity index (χ0v) is 27.9. The van der Waals surface area contributed by atoms with E-state index in [9.17, 15) is 0 Å². The molecule has 0 amide bonds. The van der Waals surface area contributed by atoms with Crippen LogP contribution in [0.25, 0.3) is 110 Å². The van der Waals surface area contributed by atoms with Crippen LogP contribution in [0.4, 0.5) is 0 Å². The summed E-state index contributed by atoms with van der Waals surface area (Å²) in [4.78, 5) is 9.59. The first-order chi connectivity index (χ1) is 25.8. The number of nitrogens with zero attached hydrogens (tertiary/aromatic N) is 2. The van der Waals surface area contributed by atoms with E-state index in [4.69, 9.17) is 18.8 Å². The minimum atomic E-state index is 0.813. The number of fused-ring (bicyclic) bond motifs is 8. The summed E-state index contributed by atoms with van der Waals surface area (Å²) < 4.78 is 12.5. The number of para-hydroxylation sites is 2. The Morgan fingerprint density at radius 2 is 0.827 bits per heavy atom. The van der Waals surface area contributed by atoms with Gasteiger partial charge in [-0.15, -0.1) is 0 Å². The topological polar surface area (TPSA) is 52.1 Å². The van der Waals surface area contributed by atoms with Crippen LogP contribution in [-0.2, 0) is 0 Å². The third-order valence-electron chi connectivity index (χ3n) is 10.4. The molecule has 0 N–H and O–H groups in total. The van der Waals surface area contributed by atoms with Gasteiger partial charge in [-0.05, 0) is 62.0 Å². The third kappa shape index (κ3) is 4.34. The first-order valence-corrected chi connectivity index (χ1v) is 17.5. The first-order valence-electron chi connectivity index (χ1n) is 17.5. The van der Waals surface area contributed by atoms with E-state index >= 15 is 0 Å². The van der Waals surface area contributed by atoms with Crippen molar-refractivity contribution in [1.82, 2.24) is 9.97 Å². The Kier molecular flexibility index (Phi) is 6.22. The molecule has 4 heterocycles. The molecule has 11 rings (SSSR count). The maximum absolute atomic E-state index is 6.31. The van der Waals surface area contributed by atoms with Gasteiger partial charge in [-0.2, -0.15) is 0 Å². The van der Waals surface area contributed by atoms with Gasteiger partial charge in [-0.25, -0.2) is 0 Å². The van der Waals surface area contributed by atoms with Crippen LogP contribution in [0.3, 0.4) is 0 Å². The molecule has 0 aliphatic heterocycles.